The Morgan fingerprint density at radius 2 is 1.76 bits per heavy atom. The molecule has 0 fully saturated rings. The maximum absolute atomic E-state index is 12.0. The van der Waals surface area contributed by atoms with Crippen LogP contribution in [0.15, 0.2) is 18.2 Å². The molecule has 0 heterocycles. The van der Waals surface area contributed by atoms with Gasteiger partial charge in [-0.05, 0) is 58.4 Å². The highest BCUT2D eigenvalue weighted by molar-refractivity contribution is 6.32. The van der Waals surface area contributed by atoms with Gasteiger partial charge in [-0.25, -0.2) is 9.59 Å². The minimum atomic E-state index is -1.15. The van der Waals surface area contributed by atoms with E-state index < -0.39 is 24.0 Å². The van der Waals surface area contributed by atoms with Crippen molar-refractivity contribution in [3.63, 3.8) is 0 Å². The van der Waals surface area contributed by atoms with Gasteiger partial charge in [-0.15, -0.1) is 0 Å². The average Bonchev–Trinajstić information content (AvgIpc) is 2.60. The third kappa shape index (κ3) is 8.43. The first-order valence-electron chi connectivity index (χ1n) is 9.07. The first kappa shape index (κ1) is 24.3. The Morgan fingerprint density at radius 1 is 1.10 bits per heavy atom. The molecule has 0 radical (unpaired) electrons. The third-order valence-corrected chi connectivity index (χ3v) is 3.62. The van der Waals surface area contributed by atoms with E-state index >= 15 is 0 Å². The second-order valence-electron chi connectivity index (χ2n) is 6.73. The molecule has 0 spiro atoms. The molecule has 1 atom stereocenters. The van der Waals surface area contributed by atoms with Crippen molar-refractivity contribution >= 4 is 35.6 Å². The zero-order valence-electron chi connectivity index (χ0n) is 17.4. The van der Waals surface area contributed by atoms with E-state index in [9.17, 15) is 14.4 Å². The first-order valence-corrected chi connectivity index (χ1v) is 9.45. The molecule has 0 saturated carbocycles. The molecule has 1 aromatic carbocycles. The largest absolute Gasteiger partial charge is 0.493 e. The van der Waals surface area contributed by atoms with Gasteiger partial charge in [-0.2, -0.15) is 0 Å². The topological polar surface area (TPSA) is 103 Å². The number of urea groups is 1. The molecule has 2 N–H and O–H groups in total. The average molecular weight is 427 g/mol. The van der Waals surface area contributed by atoms with Gasteiger partial charge in [0.05, 0.1) is 18.2 Å². The van der Waals surface area contributed by atoms with E-state index in [1.54, 1.807) is 26.0 Å². The highest BCUT2D eigenvalue weighted by Crippen LogP contribution is 2.37. The van der Waals surface area contributed by atoms with Gasteiger partial charge in [0.15, 0.2) is 17.6 Å². The number of halogens is 1. The summed E-state index contributed by atoms with van der Waals surface area (Å²) in [6.07, 6.45) is 1.37. The standard InChI is InChI=1S/C20H27ClN2O6/c1-11(2)22-20(26)23-19(25)13(5)29-17(24)8-7-14-9-15(21)18(28-12(3)4)16(10-14)27-6/h7-13H,1-6H3,(H2,22,23,25,26)/b8-7+/t13-/m0/s1. The number of ether oxygens (including phenoxy) is 3. The molecule has 1 rings (SSSR count). The number of nitrogens with one attached hydrogen (secondary N) is 2. The molecule has 9 heteroatoms. The van der Waals surface area contributed by atoms with E-state index in [1.807, 2.05) is 13.8 Å². The van der Waals surface area contributed by atoms with Gasteiger partial charge in [0.1, 0.15) is 0 Å². The summed E-state index contributed by atoms with van der Waals surface area (Å²) in [5, 5.41) is 4.93. The number of hydrogen-bond donors (Lipinski definition) is 2. The lowest BCUT2D eigenvalue weighted by Crippen LogP contribution is -2.46. The Hall–Kier alpha value is -2.74. The van der Waals surface area contributed by atoms with Gasteiger partial charge in [0, 0.05) is 12.1 Å². The number of hydrogen-bond acceptors (Lipinski definition) is 6. The summed E-state index contributed by atoms with van der Waals surface area (Å²) >= 11 is 6.24. The van der Waals surface area contributed by atoms with Crippen LogP contribution in [0.4, 0.5) is 4.79 Å². The van der Waals surface area contributed by atoms with Crippen LogP contribution in [0.25, 0.3) is 6.08 Å². The summed E-state index contributed by atoms with van der Waals surface area (Å²) in [6.45, 7) is 8.59. The Bertz CT molecular complexity index is 776. The van der Waals surface area contributed by atoms with E-state index in [4.69, 9.17) is 25.8 Å². The Morgan fingerprint density at radius 3 is 2.31 bits per heavy atom. The van der Waals surface area contributed by atoms with Gasteiger partial charge in [0.2, 0.25) is 0 Å². The minimum absolute atomic E-state index is 0.0898. The summed E-state index contributed by atoms with van der Waals surface area (Å²) in [5.74, 6) is -0.656. The highest BCUT2D eigenvalue weighted by Gasteiger charge is 2.19. The smallest absolute Gasteiger partial charge is 0.331 e. The van der Waals surface area contributed by atoms with Crippen LogP contribution in [0.3, 0.4) is 0 Å². The summed E-state index contributed by atoms with van der Waals surface area (Å²) in [6, 6.07) is 2.47. The maximum atomic E-state index is 12.0. The van der Waals surface area contributed by atoms with Gasteiger partial charge < -0.3 is 19.5 Å². The summed E-state index contributed by atoms with van der Waals surface area (Å²) in [7, 11) is 1.48. The van der Waals surface area contributed by atoms with Crippen molar-refractivity contribution in [2.24, 2.45) is 0 Å². The number of imide groups is 1. The fourth-order valence-corrected chi connectivity index (χ4v) is 2.39. The van der Waals surface area contributed by atoms with Crippen LogP contribution in [0.1, 0.15) is 40.2 Å². The van der Waals surface area contributed by atoms with Crippen molar-refractivity contribution in [3.05, 3.63) is 28.8 Å². The van der Waals surface area contributed by atoms with Crippen molar-refractivity contribution in [3.8, 4) is 11.5 Å². The molecule has 3 amide bonds. The lowest BCUT2D eigenvalue weighted by Gasteiger charge is -2.15. The number of esters is 1. The molecule has 8 nitrogen and oxygen atoms in total. The van der Waals surface area contributed by atoms with Crippen molar-refractivity contribution in [1.82, 2.24) is 10.6 Å². The SMILES string of the molecule is COc1cc(/C=C/C(=O)O[C@@H](C)C(=O)NC(=O)NC(C)C)cc(Cl)c1OC(C)C. The number of carbonyl (C=O) groups excluding carboxylic acids is 3. The number of carbonyl (C=O) groups is 3. The van der Waals surface area contributed by atoms with Gasteiger partial charge in [-0.1, -0.05) is 11.6 Å². The zero-order chi connectivity index (χ0) is 22.1. The molecule has 0 aromatic heterocycles. The van der Waals surface area contributed by atoms with E-state index in [1.165, 1.54) is 20.1 Å². The molecule has 0 bridgehead atoms. The van der Waals surface area contributed by atoms with Gasteiger partial charge in [-0.3, -0.25) is 10.1 Å². The molecule has 29 heavy (non-hydrogen) atoms. The summed E-state index contributed by atoms with van der Waals surface area (Å²) in [5.41, 5.74) is 0.577. The molecule has 0 aliphatic rings. The molecule has 0 aliphatic carbocycles. The van der Waals surface area contributed by atoms with Crippen LogP contribution < -0.4 is 20.1 Å². The number of rotatable bonds is 8. The van der Waals surface area contributed by atoms with Crippen molar-refractivity contribution in [2.75, 3.05) is 7.11 Å². The second-order valence-corrected chi connectivity index (χ2v) is 7.14. The molecular weight excluding hydrogens is 400 g/mol. The van der Waals surface area contributed by atoms with Crippen LogP contribution in [0.2, 0.25) is 5.02 Å². The van der Waals surface area contributed by atoms with E-state index in [2.05, 4.69) is 10.6 Å². The molecular formula is C20H27ClN2O6. The number of amides is 3. The van der Waals surface area contributed by atoms with E-state index in [-0.39, 0.29) is 12.1 Å². The van der Waals surface area contributed by atoms with Crippen LogP contribution in [-0.2, 0) is 14.3 Å². The molecule has 0 unspecified atom stereocenters. The monoisotopic (exact) mass is 426 g/mol. The maximum Gasteiger partial charge on any atom is 0.331 e. The number of benzene rings is 1. The predicted molar refractivity (Wildman–Crippen MR) is 110 cm³/mol. The zero-order valence-corrected chi connectivity index (χ0v) is 18.1. The second kappa shape index (κ2) is 11.3. The normalized spacial score (nSPS) is 12.0. The molecule has 160 valence electrons. The Kier molecular flexibility index (Phi) is 9.47. The van der Waals surface area contributed by atoms with Gasteiger partial charge >= 0.3 is 12.0 Å². The number of methoxy groups -OCH3 is 1. The summed E-state index contributed by atoms with van der Waals surface area (Å²) in [4.78, 5) is 35.4. The third-order valence-electron chi connectivity index (χ3n) is 3.34. The van der Waals surface area contributed by atoms with Crippen molar-refractivity contribution in [2.45, 2.75) is 52.9 Å². The molecule has 1 aromatic rings. The van der Waals surface area contributed by atoms with E-state index in [0.717, 1.165) is 6.08 Å². The lowest BCUT2D eigenvalue weighted by atomic mass is 10.2. The fraction of sp³-hybridized carbons (Fsp3) is 0.450. The lowest BCUT2D eigenvalue weighted by molar-refractivity contribution is -0.149. The fourth-order valence-electron chi connectivity index (χ4n) is 2.13. The molecule has 0 aliphatic heterocycles. The predicted octanol–water partition coefficient (Wildman–Crippen LogP) is 3.31. The van der Waals surface area contributed by atoms with Crippen molar-refractivity contribution in [1.29, 1.82) is 0 Å². The van der Waals surface area contributed by atoms with E-state index in [0.29, 0.717) is 22.1 Å². The van der Waals surface area contributed by atoms with Crippen LogP contribution in [-0.4, -0.2) is 43.3 Å². The first-order chi connectivity index (χ1) is 13.5. The van der Waals surface area contributed by atoms with Gasteiger partial charge in [0.25, 0.3) is 5.91 Å². The minimum Gasteiger partial charge on any atom is -0.493 e. The van der Waals surface area contributed by atoms with Crippen LogP contribution >= 0.6 is 11.6 Å². The van der Waals surface area contributed by atoms with Crippen LogP contribution in [0, 0.1) is 0 Å². The highest BCUT2D eigenvalue weighted by atomic mass is 35.5. The molecule has 0 saturated heterocycles. The Balaban J connectivity index is 2.75. The Labute approximate surface area is 175 Å². The quantitative estimate of drug-likeness (QED) is 0.488. The van der Waals surface area contributed by atoms with Crippen LogP contribution in [0.5, 0.6) is 11.5 Å². The van der Waals surface area contributed by atoms with Crippen molar-refractivity contribution < 1.29 is 28.6 Å². The summed E-state index contributed by atoms with van der Waals surface area (Å²) < 4.78 is 15.9.